The largest absolute Gasteiger partial charge is 0.383 e. The third kappa shape index (κ3) is 4.39. The normalized spacial score (nSPS) is 29.6. The highest BCUT2D eigenvalue weighted by Crippen LogP contribution is 2.38. The Labute approximate surface area is 183 Å². The van der Waals surface area contributed by atoms with E-state index < -0.39 is 5.60 Å². The first-order chi connectivity index (χ1) is 15.1. The van der Waals surface area contributed by atoms with Crippen molar-refractivity contribution in [3.63, 3.8) is 0 Å². The quantitative estimate of drug-likeness (QED) is 0.746. The van der Waals surface area contributed by atoms with Crippen LogP contribution in [0.3, 0.4) is 0 Å². The minimum absolute atomic E-state index is 0.0722. The number of hydrogen-bond donors (Lipinski definition) is 2. The molecule has 1 aromatic heterocycles. The molecule has 4 heterocycles. The van der Waals surface area contributed by atoms with Gasteiger partial charge in [-0.1, -0.05) is 54.8 Å². The second-order valence-electron chi connectivity index (χ2n) is 9.66. The zero-order valence-corrected chi connectivity index (χ0v) is 18.1. The predicted molar refractivity (Wildman–Crippen MR) is 117 cm³/mol. The molecule has 2 bridgehead atoms. The van der Waals surface area contributed by atoms with Crippen molar-refractivity contribution >= 4 is 5.91 Å². The van der Waals surface area contributed by atoms with Crippen LogP contribution in [0.5, 0.6) is 0 Å². The number of aliphatic hydroxyl groups is 1. The first-order valence-corrected chi connectivity index (χ1v) is 11.8. The summed E-state index contributed by atoms with van der Waals surface area (Å²) in [6.45, 7) is 3.24. The van der Waals surface area contributed by atoms with Crippen LogP contribution < -0.4 is 5.32 Å². The zero-order valence-electron chi connectivity index (χ0n) is 18.1. The van der Waals surface area contributed by atoms with E-state index in [1.54, 1.807) is 0 Å². The van der Waals surface area contributed by atoms with Crippen molar-refractivity contribution in [2.75, 3.05) is 13.1 Å². The Kier molecular flexibility index (Phi) is 5.80. The molecule has 3 saturated heterocycles. The maximum atomic E-state index is 12.8. The van der Waals surface area contributed by atoms with Crippen molar-refractivity contribution in [2.24, 2.45) is 11.8 Å². The molecular formula is C24H33N5O2. The fourth-order valence-corrected chi connectivity index (χ4v) is 5.75. The highest BCUT2D eigenvalue weighted by atomic mass is 16.3. The molecule has 166 valence electrons. The molecule has 1 amide bonds. The van der Waals surface area contributed by atoms with Crippen LogP contribution in [0, 0.1) is 11.8 Å². The number of carbonyl (C=O) groups is 1. The smallest absolute Gasteiger partial charge is 0.224 e. The van der Waals surface area contributed by atoms with Crippen LogP contribution in [-0.2, 0) is 23.5 Å². The van der Waals surface area contributed by atoms with E-state index in [9.17, 15) is 9.90 Å². The van der Waals surface area contributed by atoms with Gasteiger partial charge in [-0.3, -0.25) is 14.4 Å². The summed E-state index contributed by atoms with van der Waals surface area (Å²) in [5, 5.41) is 22.7. The van der Waals surface area contributed by atoms with E-state index in [1.165, 1.54) is 6.42 Å². The summed E-state index contributed by atoms with van der Waals surface area (Å²) in [4.78, 5) is 15.3. The van der Waals surface area contributed by atoms with E-state index in [0.29, 0.717) is 18.5 Å². The van der Waals surface area contributed by atoms with Gasteiger partial charge in [0.1, 0.15) is 11.3 Å². The lowest BCUT2D eigenvalue weighted by Gasteiger charge is -2.49. The van der Waals surface area contributed by atoms with E-state index in [-0.39, 0.29) is 11.8 Å². The lowest BCUT2D eigenvalue weighted by molar-refractivity contribution is -0.133. The Morgan fingerprint density at radius 3 is 2.74 bits per heavy atom. The average molecular weight is 424 g/mol. The van der Waals surface area contributed by atoms with Gasteiger partial charge in [-0.2, -0.15) is 0 Å². The summed E-state index contributed by atoms with van der Waals surface area (Å²) >= 11 is 0. The van der Waals surface area contributed by atoms with Crippen LogP contribution in [0.15, 0.2) is 36.5 Å². The molecule has 4 aliphatic rings. The molecule has 1 unspecified atom stereocenters. The minimum Gasteiger partial charge on any atom is -0.383 e. The Morgan fingerprint density at radius 1 is 1.19 bits per heavy atom. The van der Waals surface area contributed by atoms with Gasteiger partial charge in [0, 0.05) is 19.1 Å². The Bertz CT molecular complexity index is 892. The zero-order chi connectivity index (χ0) is 21.3. The highest BCUT2D eigenvalue weighted by Gasteiger charge is 2.43. The molecule has 4 atom stereocenters. The molecule has 1 aliphatic carbocycles. The Hall–Kier alpha value is -2.25. The van der Waals surface area contributed by atoms with E-state index in [4.69, 9.17) is 0 Å². The molecule has 2 N–H and O–H groups in total. The van der Waals surface area contributed by atoms with Crippen LogP contribution in [0.2, 0.25) is 0 Å². The van der Waals surface area contributed by atoms with Gasteiger partial charge in [-0.15, -0.1) is 5.10 Å². The number of fused-ring (bicyclic) bond motifs is 3. The third-order valence-corrected chi connectivity index (χ3v) is 7.62. The number of piperidine rings is 3. The van der Waals surface area contributed by atoms with Crippen LogP contribution in [0.1, 0.15) is 56.2 Å². The lowest BCUT2D eigenvalue weighted by Crippen LogP contribution is -2.58. The standard InChI is InChI=1S/C24H33N5O2/c30-23(25-14-18-7-3-1-4-8-18)21-16-28-12-9-19(21)13-20(28)15-29-17-22(26-27-29)24(31)10-5-2-6-11-24/h1,3-4,7-8,17,19-21,31H,2,5-6,9-16H2,(H,25,30)/t19-,20-,21-/m1/s1. The van der Waals surface area contributed by atoms with Crippen LogP contribution >= 0.6 is 0 Å². The van der Waals surface area contributed by atoms with Gasteiger partial charge in [0.25, 0.3) is 0 Å². The van der Waals surface area contributed by atoms with E-state index in [1.807, 2.05) is 41.2 Å². The monoisotopic (exact) mass is 423 g/mol. The Morgan fingerprint density at radius 2 is 2.00 bits per heavy atom. The van der Waals surface area contributed by atoms with E-state index in [2.05, 4.69) is 20.5 Å². The van der Waals surface area contributed by atoms with Crippen LogP contribution in [-0.4, -0.2) is 50.0 Å². The van der Waals surface area contributed by atoms with Gasteiger partial charge in [0.05, 0.1) is 18.7 Å². The Balaban J connectivity index is 1.17. The van der Waals surface area contributed by atoms with E-state index >= 15 is 0 Å². The van der Waals surface area contributed by atoms with Gasteiger partial charge in [-0.25, -0.2) is 0 Å². The number of nitrogens with one attached hydrogen (secondary N) is 1. The molecule has 7 nitrogen and oxygen atoms in total. The molecule has 0 radical (unpaired) electrons. The van der Waals surface area contributed by atoms with E-state index in [0.717, 1.165) is 69.4 Å². The molecular weight excluding hydrogens is 390 g/mol. The van der Waals surface area contributed by atoms with Crippen LogP contribution in [0.4, 0.5) is 0 Å². The van der Waals surface area contributed by atoms with Gasteiger partial charge in [0.2, 0.25) is 5.91 Å². The lowest BCUT2D eigenvalue weighted by atomic mass is 9.75. The first kappa shape index (κ1) is 20.6. The number of rotatable bonds is 6. The fourth-order valence-electron chi connectivity index (χ4n) is 5.75. The van der Waals surface area contributed by atoms with Crippen molar-refractivity contribution in [2.45, 2.75) is 69.7 Å². The number of aromatic nitrogens is 3. The number of nitrogens with zero attached hydrogens (tertiary/aromatic N) is 4. The van der Waals surface area contributed by atoms with Gasteiger partial charge >= 0.3 is 0 Å². The van der Waals surface area contributed by atoms with Crippen LogP contribution in [0.25, 0.3) is 0 Å². The minimum atomic E-state index is -0.801. The average Bonchev–Trinajstić information content (AvgIpc) is 3.29. The molecule has 1 aromatic carbocycles. The van der Waals surface area contributed by atoms with Crippen molar-refractivity contribution < 1.29 is 9.90 Å². The summed E-state index contributed by atoms with van der Waals surface area (Å²) in [5.41, 5.74) is 1.06. The highest BCUT2D eigenvalue weighted by molar-refractivity contribution is 5.79. The van der Waals surface area contributed by atoms with Crippen molar-refractivity contribution in [1.29, 1.82) is 0 Å². The van der Waals surface area contributed by atoms with Gasteiger partial charge in [-0.05, 0) is 43.7 Å². The summed E-state index contributed by atoms with van der Waals surface area (Å²) in [7, 11) is 0. The molecule has 1 saturated carbocycles. The molecule has 31 heavy (non-hydrogen) atoms. The van der Waals surface area contributed by atoms with Crippen molar-refractivity contribution in [1.82, 2.24) is 25.2 Å². The number of carbonyl (C=O) groups excluding carboxylic acids is 1. The third-order valence-electron chi connectivity index (χ3n) is 7.62. The SMILES string of the molecule is O=C(NCc1ccccc1)[C@@H]1CN2CC[C@@H]1C[C@@H]2Cn1cc(C2(O)CCCCC2)nn1. The van der Waals surface area contributed by atoms with Gasteiger partial charge < -0.3 is 10.4 Å². The molecule has 7 heteroatoms. The predicted octanol–water partition coefficient (Wildman–Crippen LogP) is 2.46. The summed E-state index contributed by atoms with van der Waals surface area (Å²) in [6.07, 6.45) is 8.90. The first-order valence-electron chi connectivity index (χ1n) is 11.8. The fraction of sp³-hybridized carbons (Fsp3) is 0.625. The molecule has 4 fully saturated rings. The molecule has 6 rings (SSSR count). The maximum absolute atomic E-state index is 12.8. The molecule has 0 spiro atoms. The second kappa shape index (κ2) is 8.71. The molecule has 2 aromatic rings. The topological polar surface area (TPSA) is 83.3 Å². The van der Waals surface area contributed by atoms with Crippen molar-refractivity contribution in [3.05, 3.63) is 47.8 Å². The summed E-state index contributed by atoms with van der Waals surface area (Å²) in [6, 6.07) is 10.5. The number of amides is 1. The summed E-state index contributed by atoms with van der Waals surface area (Å²) in [5.74, 6) is 0.679. The molecule has 3 aliphatic heterocycles. The number of benzene rings is 1. The maximum Gasteiger partial charge on any atom is 0.224 e. The van der Waals surface area contributed by atoms with Gasteiger partial charge in [0.15, 0.2) is 0 Å². The van der Waals surface area contributed by atoms with Crippen molar-refractivity contribution in [3.8, 4) is 0 Å². The number of hydrogen-bond acceptors (Lipinski definition) is 5. The second-order valence-corrected chi connectivity index (χ2v) is 9.66. The summed E-state index contributed by atoms with van der Waals surface area (Å²) < 4.78 is 1.90.